The highest BCUT2D eigenvalue weighted by atomic mass is 32.1. The van der Waals surface area contributed by atoms with Crippen LogP contribution in [0.25, 0.3) is 0 Å². The first-order chi connectivity index (χ1) is 10.2. The van der Waals surface area contributed by atoms with Gasteiger partial charge in [0.05, 0.1) is 12.1 Å². The molecule has 3 rings (SSSR count). The van der Waals surface area contributed by atoms with Gasteiger partial charge in [0.15, 0.2) is 0 Å². The topological polar surface area (TPSA) is 21.3 Å². The SMILES string of the molecule is Cc1ccsc1C(C)Nc1ccc(OC2CCCC2)cc1. The van der Waals surface area contributed by atoms with E-state index < -0.39 is 0 Å². The van der Waals surface area contributed by atoms with E-state index in [1.807, 2.05) is 11.3 Å². The van der Waals surface area contributed by atoms with E-state index in [0.717, 1.165) is 11.4 Å². The number of hydrogen-bond donors (Lipinski definition) is 1. The van der Waals surface area contributed by atoms with E-state index in [-0.39, 0.29) is 0 Å². The van der Waals surface area contributed by atoms with Crippen LogP contribution in [0.4, 0.5) is 5.69 Å². The highest BCUT2D eigenvalue weighted by Gasteiger charge is 2.16. The van der Waals surface area contributed by atoms with Crippen LogP contribution in [0.15, 0.2) is 35.7 Å². The molecule has 1 atom stereocenters. The lowest BCUT2D eigenvalue weighted by Crippen LogP contribution is -2.11. The molecule has 0 spiro atoms. The van der Waals surface area contributed by atoms with Gasteiger partial charge in [0.2, 0.25) is 0 Å². The number of hydrogen-bond acceptors (Lipinski definition) is 3. The number of thiophene rings is 1. The molecule has 1 unspecified atom stereocenters. The third kappa shape index (κ3) is 3.59. The third-order valence-corrected chi connectivity index (χ3v) is 5.34. The van der Waals surface area contributed by atoms with Crippen molar-refractivity contribution in [1.82, 2.24) is 0 Å². The number of anilines is 1. The monoisotopic (exact) mass is 301 g/mol. The van der Waals surface area contributed by atoms with Gasteiger partial charge in [-0.25, -0.2) is 0 Å². The fraction of sp³-hybridized carbons (Fsp3) is 0.444. The minimum absolute atomic E-state index is 0.339. The van der Waals surface area contributed by atoms with Gasteiger partial charge in [-0.05, 0) is 80.8 Å². The van der Waals surface area contributed by atoms with Gasteiger partial charge in [-0.1, -0.05) is 0 Å². The maximum atomic E-state index is 6.00. The van der Waals surface area contributed by atoms with Crippen LogP contribution in [0.2, 0.25) is 0 Å². The number of benzene rings is 1. The molecule has 112 valence electrons. The van der Waals surface area contributed by atoms with Gasteiger partial charge < -0.3 is 10.1 Å². The molecule has 1 aliphatic carbocycles. The molecule has 0 radical (unpaired) electrons. The van der Waals surface area contributed by atoms with E-state index in [2.05, 4.69) is 54.9 Å². The van der Waals surface area contributed by atoms with Gasteiger partial charge in [0.25, 0.3) is 0 Å². The average molecular weight is 301 g/mol. The fourth-order valence-corrected chi connectivity index (χ4v) is 3.91. The quantitative estimate of drug-likeness (QED) is 0.781. The summed E-state index contributed by atoms with van der Waals surface area (Å²) in [5, 5.41) is 5.71. The van der Waals surface area contributed by atoms with Gasteiger partial charge in [0, 0.05) is 10.6 Å². The van der Waals surface area contributed by atoms with Crippen molar-refractivity contribution >= 4 is 17.0 Å². The van der Waals surface area contributed by atoms with E-state index in [4.69, 9.17) is 4.74 Å². The Morgan fingerprint density at radius 1 is 1.14 bits per heavy atom. The summed E-state index contributed by atoms with van der Waals surface area (Å²) >= 11 is 1.81. The first-order valence-electron chi connectivity index (χ1n) is 7.79. The van der Waals surface area contributed by atoms with Crippen LogP contribution >= 0.6 is 11.3 Å². The second-order valence-corrected chi connectivity index (χ2v) is 6.83. The van der Waals surface area contributed by atoms with Crippen LogP contribution in [0, 0.1) is 6.92 Å². The van der Waals surface area contributed by atoms with Gasteiger partial charge in [0.1, 0.15) is 5.75 Å². The van der Waals surface area contributed by atoms with Gasteiger partial charge in [-0.3, -0.25) is 0 Å². The lowest BCUT2D eigenvalue weighted by molar-refractivity contribution is 0.210. The average Bonchev–Trinajstić information content (AvgIpc) is 3.12. The van der Waals surface area contributed by atoms with Crippen molar-refractivity contribution in [3.8, 4) is 5.75 Å². The number of nitrogens with one attached hydrogen (secondary N) is 1. The molecule has 1 saturated carbocycles. The molecule has 0 saturated heterocycles. The van der Waals surface area contributed by atoms with Crippen molar-refractivity contribution < 1.29 is 4.74 Å². The van der Waals surface area contributed by atoms with Crippen molar-refractivity contribution in [3.63, 3.8) is 0 Å². The minimum Gasteiger partial charge on any atom is -0.490 e. The number of ether oxygens (including phenoxy) is 1. The molecule has 21 heavy (non-hydrogen) atoms. The Kier molecular flexibility index (Phi) is 4.49. The smallest absolute Gasteiger partial charge is 0.119 e. The van der Waals surface area contributed by atoms with Crippen LogP contribution in [0.1, 0.15) is 49.1 Å². The highest BCUT2D eigenvalue weighted by Crippen LogP contribution is 2.28. The molecule has 0 amide bonds. The summed E-state index contributed by atoms with van der Waals surface area (Å²) in [5.74, 6) is 0.993. The number of rotatable bonds is 5. The lowest BCUT2D eigenvalue weighted by Gasteiger charge is -2.16. The summed E-state index contributed by atoms with van der Waals surface area (Å²) < 4.78 is 6.00. The van der Waals surface area contributed by atoms with E-state index in [9.17, 15) is 0 Å². The molecule has 3 heteroatoms. The van der Waals surface area contributed by atoms with E-state index >= 15 is 0 Å². The summed E-state index contributed by atoms with van der Waals surface area (Å²) in [6.07, 6.45) is 5.45. The van der Waals surface area contributed by atoms with Crippen LogP contribution in [-0.4, -0.2) is 6.10 Å². The Balaban J connectivity index is 1.60. The standard InChI is InChI=1S/C18H23NOS/c1-13-11-12-21-18(13)14(2)19-15-7-9-17(10-8-15)20-16-5-3-4-6-16/h7-12,14,16,19H,3-6H2,1-2H3. The Morgan fingerprint density at radius 3 is 2.48 bits per heavy atom. The number of aryl methyl sites for hydroxylation is 1. The molecule has 2 aromatic rings. The normalized spacial score (nSPS) is 16.9. The molecular weight excluding hydrogens is 278 g/mol. The highest BCUT2D eigenvalue weighted by molar-refractivity contribution is 7.10. The summed E-state index contributed by atoms with van der Waals surface area (Å²) in [6.45, 7) is 4.38. The predicted octanol–water partition coefficient (Wildman–Crippen LogP) is 5.55. The van der Waals surface area contributed by atoms with Crippen LogP contribution in [0.3, 0.4) is 0 Å². The zero-order valence-corrected chi connectivity index (χ0v) is 13.6. The largest absolute Gasteiger partial charge is 0.490 e. The van der Waals surface area contributed by atoms with Crippen molar-refractivity contribution in [2.24, 2.45) is 0 Å². The third-order valence-electron chi connectivity index (χ3n) is 4.14. The van der Waals surface area contributed by atoms with Crippen molar-refractivity contribution in [3.05, 3.63) is 46.2 Å². The molecule has 1 N–H and O–H groups in total. The Morgan fingerprint density at radius 2 is 1.86 bits per heavy atom. The van der Waals surface area contributed by atoms with Crippen molar-refractivity contribution in [2.75, 3.05) is 5.32 Å². The molecule has 1 aliphatic rings. The molecule has 1 aromatic heterocycles. The molecular formula is C18H23NOS. The van der Waals surface area contributed by atoms with Gasteiger partial charge in [-0.2, -0.15) is 0 Å². The lowest BCUT2D eigenvalue weighted by atomic mass is 10.2. The van der Waals surface area contributed by atoms with Crippen molar-refractivity contribution in [2.45, 2.75) is 51.7 Å². The second-order valence-electron chi connectivity index (χ2n) is 5.88. The zero-order valence-electron chi connectivity index (χ0n) is 12.8. The first-order valence-corrected chi connectivity index (χ1v) is 8.67. The second kappa shape index (κ2) is 6.52. The maximum Gasteiger partial charge on any atom is 0.119 e. The Labute approximate surface area is 131 Å². The maximum absolute atomic E-state index is 6.00. The van der Waals surface area contributed by atoms with Crippen LogP contribution < -0.4 is 10.1 Å². The molecule has 1 fully saturated rings. The van der Waals surface area contributed by atoms with Crippen molar-refractivity contribution in [1.29, 1.82) is 0 Å². The van der Waals surface area contributed by atoms with E-state index in [1.165, 1.54) is 36.1 Å². The first kappa shape index (κ1) is 14.5. The molecule has 1 aromatic carbocycles. The minimum atomic E-state index is 0.339. The van der Waals surface area contributed by atoms with Crippen LogP contribution in [-0.2, 0) is 0 Å². The molecule has 1 heterocycles. The Bertz CT molecular complexity index is 569. The van der Waals surface area contributed by atoms with Gasteiger partial charge in [-0.15, -0.1) is 11.3 Å². The van der Waals surface area contributed by atoms with Crippen LogP contribution in [0.5, 0.6) is 5.75 Å². The summed E-state index contributed by atoms with van der Waals surface area (Å²) in [5.41, 5.74) is 2.51. The molecule has 0 bridgehead atoms. The van der Waals surface area contributed by atoms with E-state index in [0.29, 0.717) is 12.1 Å². The van der Waals surface area contributed by atoms with Gasteiger partial charge >= 0.3 is 0 Å². The summed E-state index contributed by atoms with van der Waals surface area (Å²) in [4.78, 5) is 1.40. The summed E-state index contributed by atoms with van der Waals surface area (Å²) in [7, 11) is 0. The fourth-order valence-electron chi connectivity index (χ4n) is 2.97. The van der Waals surface area contributed by atoms with E-state index in [1.54, 1.807) is 0 Å². The predicted molar refractivity (Wildman–Crippen MR) is 90.4 cm³/mol. The summed E-state index contributed by atoms with van der Waals surface area (Å²) in [6, 6.07) is 10.9. The zero-order chi connectivity index (χ0) is 14.7. The Hall–Kier alpha value is -1.48. The molecule has 2 nitrogen and oxygen atoms in total. The molecule has 0 aliphatic heterocycles.